The third-order valence-electron chi connectivity index (χ3n) is 3.85. The first-order valence-corrected chi connectivity index (χ1v) is 8.72. The molecule has 2 amide bonds. The van der Waals surface area contributed by atoms with E-state index in [0.717, 1.165) is 4.90 Å². The summed E-state index contributed by atoms with van der Waals surface area (Å²) in [6.45, 7) is 2.90. The van der Waals surface area contributed by atoms with Crippen LogP contribution in [0.15, 0.2) is 48.5 Å². The zero-order valence-electron chi connectivity index (χ0n) is 14.8. The first kappa shape index (κ1) is 19.8. The highest BCUT2D eigenvalue weighted by molar-refractivity contribution is 6.33. The van der Waals surface area contributed by atoms with Crippen molar-refractivity contribution in [3.63, 3.8) is 0 Å². The molecule has 1 atom stereocenters. The van der Waals surface area contributed by atoms with Crippen LogP contribution in [-0.2, 0) is 9.59 Å². The number of carbonyl (C=O) groups is 2. The lowest BCUT2D eigenvalue weighted by Gasteiger charge is -2.17. The Kier molecular flexibility index (Phi) is 7.44. The average molecular weight is 377 g/mol. The first-order chi connectivity index (χ1) is 12.5. The van der Waals surface area contributed by atoms with Gasteiger partial charge in [-0.15, -0.1) is 0 Å². The van der Waals surface area contributed by atoms with Gasteiger partial charge >= 0.3 is 0 Å². The number of halogens is 1. The molecule has 3 N–H and O–H groups in total. The van der Waals surface area contributed by atoms with E-state index in [1.165, 1.54) is 0 Å². The van der Waals surface area contributed by atoms with E-state index in [9.17, 15) is 9.59 Å². The second-order valence-electron chi connectivity index (χ2n) is 5.73. The van der Waals surface area contributed by atoms with E-state index >= 15 is 0 Å². The van der Waals surface area contributed by atoms with Gasteiger partial charge in [0.05, 0.1) is 30.1 Å². The van der Waals surface area contributed by atoms with Gasteiger partial charge in [-0.05, 0) is 31.2 Å². The lowest BCUT2D eigenvalue weighted by atomic mass is 10.3. The van der Waals surface area contributed by atoms with E-state index in [1.807, 2.05) is 19.1 Å². The molecule has 2 aromatic carbocycles. The van der Waals surface area contributed by atoms with Gasteiger partial charge in [-0.2, -0.15) is 0 Å². The number of methoxy groups -OCH3 is 1. The van der Waals surface area contributed by atoms with E-state index < -0.39 is 0 Å². The summed E-state index contributed by atoms with van der Waals surface area (Å²) in [6.07, 6.45) is 0. The minimum absolute atomic E-state index is 0.168. The third kappa shape index (κ3) is 5.75. The number of nitrogens with one attached hydrogen (secondary N) is 3. The van der Waals surface area contributed by atoms with Gasteiger partial charge in [0.15, 0.2) is 13.1 Å². The summed E-state index contributed by atoms with van der Waals surface area (Å²) in [7, 11) is 1.55. The van der Waals surface area contributed by atoms with Crippen molar-refractivity contribution in [1.82, 2.24) is 0 Å². The molecule has 2 aromatic rings. The normalized spacial score (nSPS) is 11.5. The average Bonchev–Trinajstić information content (AvgIpc) is 2.63. The van der Waals surface area contributed by atoms with Gasteiger partial charge in [-0.1, -0.05) is 35.9 Å². The minimum atomic E-state index is -0.194. The lowest BCUT2D eigenvalue weighted by molar-refractivity contribution is -0.881. The van der Waals surface area contributed by atoms with Crippen LogP contribution < -0.4 is 20.3 Å². The van der Waals surface area contributed by atoms with Gasteiger partial charge in [0.2, 0.25) is 0 Å². The smallest absolute Gasteiger partial charge is 0.279 e. The molecule has 0 saturated heterocycles. The van der Waals surface area contributed by atoms with Gasteiger partial charge in [-0.3, -0.25) is 9.59 Å². The second kappa shape index (κ2) is 9.79. The van der Waals surface area contributed by atoms with Crippen LogP contribution in [0.1, 0.15) is 6.92 Å². The Hall–Kier alpha value is -2.57. The highest BCUT2D eigenvalue weighted by Gasteiger charge is 2.18. The predicted octanol–water partition coefficient (Wildman–Crippen LogP) is 1.83. The molecule has 1 unspecified atom stereocenters. The third-order valence-corrected chi connectivity index (χ3v) is 4.18. The van der Waals surface area contributed by atoms with E-state index in [4.69, 9.17) is 16.3 Å². The Labute approximate surface area is 158 Å². The maximum Gasteiger partial charge on any atom is 0.279 e. The minimum Gasteiger partial charge on any atom is -0.495 e. The monoisotopic (exact) mass is 376 g/mol. The molecule has 0 fully saturated rings. The molecule has 0 radical (unpaired) electrons. The van der Waals surface area contributed by atoms with Crippen molar-refractivity contribution in [2.45, 2.75) is 6.92 Å². The highest BCUT2D eigenvalue weighted by Crippen LogP contribution is 2.22. The summed E-state index contributed by atoms with van der Waals surface area (Å²) >= 11 is 6.04. The van der Waals surface area contributed by atoms with Crippen molar-refractivity contribution in [2.24, 2.45) is 0 Å². The van der Waals surface area contributed by atoms with E-state index in [0.29, 0.717) is 28.7 Å². The molecule has 0 spiro atoms. The molecule has 0 aliphatic heterocycles. The molecule has 0 bridgehead atoms. The molecule has 138 valence electrons. The Morgan fingerprint density at radius 1 is 0.962 bits per heavy atom. The fraction of sp³-hybridized carbons (Fsp3) is 0.263. The second-order valence-corrected chi connectivity index (χ2v) is 6.14. The van der Waals surface area contributed by atoms with E-state index in [-0.39, 0.29) is 24.9 Å². The largest absolute Gasteiger partial charge is 0.495 e. The number of hydrogen-bond donors (Lipinski definition) is 3. The molecule has 26 heavy (non-hydrogen) atoms. The molecule has 7 heteroatoms. The van der Waals surface area contributed by atoms with Crippen molar-refractivity contribution < 1.29 is 19.2 Å². The number of para-hydroxylation sites is 3. The van der Waals surface area contributed by atoms with Crippen LogP contribution in [0.5, 0.6) is 5.75 Å². The van der Waals surface area contributed by atoms with Crippen LogP contribution in [0.25, 0.3) is 0 Å². The zero-order valence-corrected chi connectivity index (χ0v) is 15.6. The summed E-state index contributed by atoms with van der Waals surface area (Å²) < 4.78 is 5.22. The van der Waals surface area contributed by atoms with Crippen LogP contribution >= 0.6 is 11.6 Å². The molecule has 0 aromatic heterocycles. The molecule has 0 saturated carbocycles. The number of likely N-dealkylation sites (N-methyl/N-ethyl adjacent to an activating group) is 1. The maximum absolute atomic E-state index is 12.3. The van der Waals surface area contributed by atoms with E-state index in [2.05, 4.69) is 10.6 Å². The van der Waals surface area contributed by atoms with Crippen LogP contribution in [-0.4, -0.2) is 38.6 Å². The fourth-order valence-corrected chi connectivity index (χ4v) is 2.65. The molecule has 0 heterocycles. The van der Waals surface area contributed by atoms with Gasteiger partial charge in [0.25, 0.3) is 11.8 Å². The van der Waals surface area contributed by atoms with Gasteiger partial charge < -0.3 is 20.3 Å². The number of benzene rings is 2. The van der Waals surface area contributed by atoms with E-state index in [1.54, 1.807) is 43.5 Å². The van der Waals surface area contributed by atoms with Crippen molar-refractivity contribution >= 4 is 34.8 Å². The number of anilines is 2. The van der Waals surface area contributed by atoms with Crippen LogP contribution in [0.3, 0.4) is 0 Å². The fourth-order valence-electron chi connectivity index (χ4n) is 2.47. The molecular weight excluding hydrogens is 354 g/mol. The van der Waals surface area contributed by atoms with Crippen LogP contribution in [0.4, 0.5) is 11.4 Å². The highest BCUT2D eigenvalue weighted by atomic mass is 35.5. The number of ether oxygens (including phenoxy) is 1. The molecule has 0 aliphatic carbocycles. The Bertz CT molecular complexity index is 767. The van der Waals surface area contributed by atoms with Gasteiger partial charge in [0.1, 0.15) is 5.75 Å². The predicted molar refractivity (Wildman–Crippen MR) is 103 cm³/mol. The summed E-state index contributed by atoms with van der Waals surface area (Å²) in [5, 5.41) is 6.07. The maximum atomic E-state index is 12.3. The standard InChI is InChI=1S/C19H22ClN3O3/c1-3-23(12-18(24)21-15-9-5-4-8-14(15)20)13-19(25)22-16-10-6-7-11-17(16)26-2/h4-11H,3,12-13H2,1-2H3,(H,21,24)(H,22,25)/p+1. The van der Waals surface area contributed by atoms with Crippen LogP contribution in [0, 0.1) is 0 Å². The summed E-state index contributed by atoms with van der Waals surface area (Å²) in [5.41, 5.74) is 1.17. The number of carbonyl (C=O) groups excluding carboxylic acids is 2. The zero-order chi connectivity index (χ0) is 18.9. The SMILES string of the molecule is CC[NH+](CC(=O)Nc1ccccc1Cl)CC(=O)Nc1ccccc1OC. The van der Waals surface area contributed by atoms with Crippen molar-refractivity contribution in [2.75, 3.05) is 37.4 Å². The first-order valence-electron chi connectivity index (χ1n) is 8.34. The Morgan fingerprint density at radius 2 is 1.50 bits per heavy atom. The number of rotatable bonds is 8. The van der Waals surface area contributed by atoms with Crippen molar-refractivity contribution in [3.05, 3.63) is 53.6 Å². The number of quaternary nitrogens is 1. The topological polar surface area (TPSA) is 71.9 Å². The van der Waals surface area contributed by atoms with Crippen molar-refractivity contribution in [3.8, 4) is 5.75 Å². The summed E-state index contributed by atoms with van der Waals surface area (Å²) in [6, 6.07) is 14.2. The number of hydrogen-bond acceptors (Lipinski definition) is 3. The van der Waals surface area contributed by atoms with Gasteiger partial charge in [0, 0.05) is 0 Å². The van der Waals surface area contributed by atoms with Gasteiger partial charge in [-0.25, -0.2) is 0 Å². The summed E-state index contributed by atoms with van der Waals surface area (Å²) in [4.78, 5) is 25.4. The molecule has 6 nitrogen and oxygen atoms in total. The molecular formula is C19H23ClN3O3+. The quantitative estimate of drug-likeness (QED) is 0.658. The summed E-state index contributed by atoms with van der Waals surface area (Å²) in [5.74, 6) is 0.215. The molecule has 0 aliphatic rings. The molecule has 2 rings (SSSR count). The lowest BCUT2D eigenvalue weighted by Crippen LogP contribution is -3.13. The Balaban J connectivity index is 1.91. The Morgan fingerprint density at radius 3 is 2.08 bits per heavy atom. The number of amides is 2. The van der Waals surface area contributed by atoms with Crippen molar-refractivity contribution in [1.29, 1.82) is 0 Å². The van der Waals surface area contributed by atoms with Crippen LogP contribution in [0.2, 0.25) is 5.02 Å².